The number of hydrogen-bond donors (Lipinski definition) is 0. The number of rotatable bonds is 3. The van der Waals surface area contributed by atoms with E-state index in [-0.39, 0.29) is 21.6 Å². The maximum absolute atomic E-state index is 12.7. The molecule has 0 aromatic carbocycles. The summed E-state index contributed by atoms with van der Waals surface area (Å²) >= 11 is 8.63. The highest BCUT2D eigenvalue weighted by molar-refractivity contribution is 9.10. The first kappa shape index (κ1) is 13.3. The van der Waals surface area contributed by atoms with Gasteiger partial charge in [-0.15, -0.1) is 11.6 Å². The second-order valence-corrected chi connectivity index (χ2v) is 3.80. The van der Waals surface area contributed by atoms with Crippen LogP contribution in [-0.4, -0.2) is 18.1 Å². The summed E-state index contributed by atoms with van der Waals surface area (Å²) in [5.41, 5.74) is -0.508. The van der Waals surface area contributed by atoms with E-state index in [4.69, 9.17) is 11.6 Å². The van der Waals surface area contributed by atoms with Crippen LogP contribution in [0.4, 0.5) is 8.78 Å². The van der Waals surface area contributed by atoms with Crippen molar-refractivity contribution in [1.29, 1.82) is 0 Å². The number of pyridine rings is 1. The van der Waals surface area contributed by atoms with Gasteiger partial charge in [-0.25, -0.2) is 18.6 Å². The standard InChI is InChI=1S/C9H7BrClF2NO2/c1-16-9(15)6-4(2-11)7(10)14-3-5(6)8(12)13/h3,8H,2H2,1H3. The van der Waals surface area contributed by atoms with E-state index in [1.54, 1.807) is 0 Å². The average molecular weight is 315 g/mol. The Morgan fingerprint density at radius 2 is 2.31 bits per heavy atom. The monoisotopic (exact) mass is 313 g/mol. The lowest BCUT2D eigenvalue weighted by atomic mass is 10.1. The molecule has 3 nitrogen and oxygen atoms in total. The Hall–Kier alpha value is -0.750. The molecule has 0 aliphatic rings. The Bertz CT molecular complexity index is 415. The molecule has 0 aliphatic heterocycles. The summed E-state index contributed by atoms with van der Waals surface area (Å²) in [5.74, 6) is -0.965. The van der Waals surface area contributed by atoms with Gasteiger partial charge < -0.3 is 4.74 Å². The molecule has 1 aromatic heterocycles. The van der Waals surface area contributed by atoms with Crippen LogP contribution in [0.25, 0.3) is 0 Å². The Balaban J connectivity index is 3.47. The molecule has 1 aromatic rings. The van der Waals surface area contributed by atoms with E-state index >= 15 is 0 Å². The molecule has 0 N–H and O–H groups in total. The maximum atomic E-state index is 12.7. The highest BCUT2D eigenvalue weighted by Gasteiger charge is 2.24. The van der Waals surface area contributed by atoms with Crippen molar-refractivity contribution in [1.82, 2.24) is 4.98 Å². The van der Waals surface area contributed by atoms with Crippen LogP contribution in [0.2, 0.25) is 0 Å². The smallest absolute Gasteiger partial charge is 0.338 e. The van der Waals surface area contributed by atoms with Crippen LogP contribution in [0, 0.1) is 0 Å². The van der Waals surface area contributed by atoms with Crippen molar-refractivity contribution in [2.75, 3.05) is 7.11 Å². The van der Waals surface area contributed by atoms with Crippen LogP contribution in [0.3, 0.4) is 0 Å². The summed E-state index contributed by atoms with van der Waals surface area (Å²) in [6.45, 7) is 0. The van der Waals surface area contributed by atoms with Crippen LogP contribution < -0.4 is 0 Å². The van der Waals surface area contributed by atoms with Gasteiger partial charge in [-0.2, -0.15) is 0 Å². The average Bonchev–Trinajstić information content (AvgIpc) is 2.27. The third-order valence-corrected chi connectivity index (χ3v) is 2.87. The Morgan fingerprint density at radius 1 is 1.69 bits per heavy atom. The normalized spacial score (nSPS) is 10.6. The van der Waals surface area contributed by atoms with E-state index in [9.17, 15) is 13.6 Å². The lowest BCUT2D eigenvalue weighted by Gasteiger charge is -2.11. The third kappa shape index (κ3) is 2.49. The molecule has 0 amide bonds. The molecule has 0 atom stereocenters. The number of ether oxygens (including phenoxy) is 1. The Labute approximate surface area is 104 Å². The summed E-state index contributed by atoms with van der Waals surface area (Å²) in [5, 5.41) is 0. The molecule has 0 bridgehead atoms. The van der Waals surface area contributed by atoms with Gasteiger partial charge in [-0.05, 0) is 15.9 Å². The van der Waals surface area contributed by atoms with Gasteiger partial charge >= 0.3 is 5.97 Å². The summed E-state index contributed by atoms with van der Waals surface area (Å²) in [6, 6.07) is 0. The molecule has 0 aliphatic carbocycles. The first-order chi connectivity index (χ1) is 7.52. The molecule has 0 saturated carbocycles. The Kier molecular flexibility index (Phi) is 4.61. The van der Waals surface area contributed by atoms with Crippen LogP contribution in [0.5, 0.6) is 0 Å². The lowest BCUT2D eigenvalue weighted by molar-refractivity contribution is 0.0587. The van der Waals surface area contributed by atoms with Gasteiger partial charge in [0.05, 0.1) is 24.1 Å². The summed E-state index contributed by atoms with van der Waals surface area (Å²) in [6.07, 6.45) is -1.88. The molecular weight excluding hydrogens is 307 g/mol. The van der Waals surface area contributed by atoms with Crippen LogP contribution in [0.15, 0.2) is 10.8 Å². The topological polar surface area (TPSA) is 39.2 Å². The van der Waals surface area contributed by atoms with Gasteiger partial charge in [-0.1, -0.05) is 0 Å². The molecule has 1 rings (SSSR count). The molecule has 1 heterocycles. The van der Waals surface area contributed by atoms with Gasteiger partial charge in [-0.3, -0.25) is 0 Å². The van der Waals surface area contributed by atoms with E-state index in [1.165, 1.54) is 0 Å². The van der Waals surface area contributed by atoms with Crippen molar-refractivity contribution >= 4 is 33.5 Å². The second kappa shape index (κ2) is 5.54. The molecule has 0 radical (unpaired) electrons. The quantitative estimate of drug-likeness (QED) is 0.488. The fourth-order valence-corrected chi connectivity index (χ4v) is 2.04. The minimum atomic E-state index is -2.81. The fraction of sp³-hybridized carbons (Fsp3) is 0.333. The summed E-state index contributed by atoms with van der Waals surface area (Å²) < 4.78 is 30.0. The van der Waals surface area contributed by atoms with Gasteiger partial charge in [0.2, 0.25) is 0 Å². The van der Waals surface area contributed by atoms with Gasteiger partial charge in [0.15, 0.2) is 0 Å². The van der Waals surface area contributed by atoms with E-state index in [0.717, 1.165) is 13.3 Å². The zero-order valence-corrected chi connectivity index (χ0v) is 10.5. The number of alkyl halides is 3. The predicted molar refractivity (Wildman–Crippen MR) is 57.8 cm³/mol. The zero-order chi connectivity index (χ0) is 12.3. The van der Waals surface area contributed by atoms with Crippen molar-refractivity contribution in [3.8, 4) is 0 Å². The molecular formula is C9H7BrClF2NO2. The minimum absolute atomic E-state index is 0.113. The third-order valence-electron chi connectivity index (χ3n) is 1.91. The van der Waals surface area contributed by atoms with Crippen molar-refractivity contribution in [2.45, 2.75) is 12.3 Å². The number of esters is 1. The van der Waals surface area contributed by atoms with Crippen LogP contribution in [0.1, 0.15) is 27.9 Å². The highest BCUT2D eigenvalue weighted by atomic mass is 79.9. The molecule has 88 valence electrons. The number of methoxy groups -OCH3 is 1. The van der Waals surface area contributed by atoms with Crippen molar-refractivity contribution in [3.05, 3.63) is 27.5 Å². The van der Waals surface area contributed by atoms with Crippen molar-refractivity contribution in [3.63, 3.8) is 0 Å². The second-order valence-electron chi connectivity index (χ2n) is 2.78. The zero-order valence-electron chi connectivity index (χ0n) is 8.14. The number of aromatic nitrogens is 1. The Morgan fingerprint density at radius 3 is 2.75 bits per heavy atom. The first-order valence-corrected chi connectivity index (χ1v) is 5.45. The molecule has 16 heavy (non-hydrogen) atoms. The molecule has 0 fully saturated rings. The number of hydrogen-bond acceptors (Lipinski definition) is 3. The summed E-state index contributed by atoms with van der Waals surface area (Å²) in [4.78, 5) is 15.1. The maximum Gasteiger partial charge on any atom is 0.338 e. The van der Waals surface area contributed by atoms with Crippen molar-refractivity contribution in [2.24, 2.45) is 0 Å². The number of carbonyl (C=O) groups excluding carboxylic acids is 1. The number of halogens is 4. The number of carbonyl (C=O) groups is 1. The fourth-order valence-electron chi connectivity index (χ4n) is 1.18. The van der Waals surface area contributed by atoms with Gasteiger partial charge in [0.1, 0.15) is 4.60 Å². The summed E-state index contributed by atoms with van der Waals surface area (Å²) in [7, 11) is 1.12. The van der Waals surface area contributed by atoms with E-state index in [2.05, 4.69) is 25.7 Å². The van der Waals surface area contributed by atoms with Gasteiger partial charge in [0.25, 0.3) is 6.43 Å². The number of nitrogens with zero attached hydrogens (tertiary/aromatic N) is 1. The largest absolute Gasteiger partial charge is 0.465 e. The van der Waals surface area contributed by atoms with Crippen LogP contribution >= 0.6 is 27.5 Å². The molecule has 0 spiro atoms. The van der Waals surface area contributed by atoms with Crippen LogP contribution in [-0.2, 0) is 10.6 Å². The van der Waals surface area contributed by atoms with E-state index in [0.29, 0.717) is 0 Å². The SMILES string of the molecule is COC(=O)c1c(C(F)F)cnc(Br)c1CCl. The minimum Gasteiger partial charge on any atom is -0.465 e. The predicted octanol–water partition coefficient (Wildman–Crippen LogP) is 3.31. The first-order valence-electron chi connectivity index (χ1n) is 4.12. The molecule has 7 heteroatoms. The molecule has 0 saturated heterocycles. The molecule has 0 unspecified atom stereocenters. The van der Waals surface area contributed by atoms with E-state index < -0.39 is 18.0 Å². The van der Waals surface area contributed by atoms with E-state index in [1.807, 2.05) is 0 Å². The lowest BCUT2D eigenvalue weighted by Crippen LogP contribution is -2.11. The highest BCUT2D eigenvalue weighted by Crippen LogP contribution is 2.30. The van der Waals surface area contributed by atoms with Gasteiger partial charge in [0, 0.05) is 11.8 Å². The van der Waals surface area contributed by atoms with Crippen molar-refractivity contribution < 1.29 is 18.3 Å².